The highest BCUT2D eigenvalue weighted by molar-refractivity contribution is 9.11. The molecular formula is C13H13BrFNS. The molecule has 1 N–H and O–H groups in total. The van der Waals surface area contributed by atoms with Crippen molar-refractivity contribution in [2.45, 2.75) is 13.0 Å². The monoisotopic (exact) mass is 313 g/mol. The van der Waals surface area contributed by atoms with Gasteiger partial charge in [-0.15, -0.1) is 11.3 Å². The van der Waals surface area contributed by atoms with Gasteiger partial charge >= 0.3 is 0 Å². The summed E-state index contributed by atoms with van der Waals surface area (Å²) in [7, 11) is 1.85. The second kappa shape index (κ2) is 5.29. The van der Waals surface area contributed by atoms with Crippen molar-refractivity contribution in [3.05, 3.63) is 55.9 Å². The van der Waals surface area contributed by atoms with Crippen molar-refractivity contribution in [2.75, 3.05) is 7.05 Å². The second-order valence-electron chi connectivity index (χ2n) is 3.81. The van der Waals surface area contributed by atoms with E-state index >= 15 is 0 Å². The maximum Gasteiger partial charge on any atom is 0.128 e. The average molecular weight is 314 g/mol. The summed E-state index contributed by atoms with van der Waals surface area (Å²) in [4.78, 5) is 1.19. The maximum absolute atomic E-state index is 13.8. The predicted octanol–water partition coefficient (Wildman–Crippen LogP) is 4.27. The van der Waals surface area contributed by atoms with E-state index in [2.05, 4.69) is 28.2 Å². The molecule has 0 saturated carbocycles. The van der Waals surface area contributed by atoms with Crippen LogP contribution in [0.15, 0.2) is 34.1 Å². The van der Waals surface area contributed by atoms with Crippen LogP contribution in [0, 0.1) is 12.7 Å². The molecule has 1 nitrogen and oxygen atoms in total. The molecule has 0 fully saturated rings. The molecule has 0 aliphatic rings. The first-order valence-corrected chi connectivity index (χ1v) is 6.92. The van der Waals surface area contributed by atoms with Gasteiger partial charge in [-0.05, 0) is 47.6 Å². The number of rotatable bonds is 3. The van der Waals surface area contributed by atoms with Crippen LogP contribution >= 0.6 is 27.3 Å². The molecule has 1 heterocycles. The van der Waals surface area contributed by atoms with Gasteiger partial charge < -0.3 is 5.32 Å². The second-order valence-corrected chi connectivity index (χ2v) is 6.44. The largest absolute Gasteiger partial charge is 0.309 e. The van der Waals surface area contributed by atoms with E-state index in [-0.39, 0.29) is 11.9 Å². The lowest BCUT2D eigenvalue weighted by Gasteiger charge is -2.17. The van der Waals surface area contributed by atoms with E-state index < -0.39 is 0 Å². The van der Waals surface area contributed by atoms with E-state index in [1.54, 1.807) is 17.4 Å². The number of thiophene rings is 1. The number of halogens is 2. The number of hydrogen-bond donors (Lipinski definition) is 1. The minimum Gasteiger partial charge on any atom is -0.309 e. The van der Waals surface area contributed by atoms with Gasteiger partial charge in [0, 0.05) is 10.4 Å². The van der Waals surface area contributed by atoms with Crippen molar-refractivity contribution >= 4 is 27.3 Å². The molecule has 1 unspecified atom stereocenters. The van der Waals surface area contributed by atoms with E-state index in [9.17, 15) is 4.39 Å². The van der Waals surface area contributed by atoms with Crippen LogP contribution in [0.4, 0.5) is 4.39 Å². The van der Waals surface area contributed by atoms with E-state index in [0.717, 1.165) is 9.35 Å². The minimum absolute atomic E-state index is 0.0984. The van der Waals surface area contributed by atoms with Crippen molar-refractivity contribution in [1.29, 1.82) is 0 Å². The molecule has 1 atom stereocenters. The fraction of sp³-hybridized carbons (Fsp3) is 0.231. The Hall–Kier alpha value is -0.710. The molecule has 17 heavy (non-hydrogen) atoms. The van der Waals surface area contributed by atoms with Gasteiger partial charge in [0.2, 0.25) is 0 Å². The summed E-state index contributed by atoms with van der Waals surface area (Å²) in [5.41, 5.74) is 1.80. The Kier molecular flexibility index (Phi) is 3.97. The molecule has 4 heteroatoms. The quantitative estimate of drug-likeness (QED) is 0.892. The fourth-order valence-electron chi connectivity index (χ4n) is 1.93. The van der Waals surface area contributed by atoms with Crippen molar-refractivity contribution in [3.8, 4) is 0 Å². The molecule has 0 aliphatic carbocycles. The lowest BCUT2D eigenvalue weighted by molar-refractivity contribution is 0.576. The molecule has 0 radical (unpaired) electrons. The zero-order valence-electron chi connectivity index (χ0n) is 9.63. The Morgan fingerprint density at radius 3 is 2.53 bits per heavy atom. The highest BCUT2D eigenvalue weighted by Crippen LogP contribution is 2.34. The molecular weight excluding hydrogens is 301 g/mol. The average Bonchev–Trinajstić information content (AvgIpc) is 2.62. The summed E-state index contributed by atoms with van der Waals surface area (Å²) in [6.45, 7) is 2.05. The van der Waals surface area contributed by atoms with Crippen LogP contribution in [0.5, 0.6) is 0 Å². The molecule has 0 spiro atoms. The van der Waals surface area contributed by atoms with Crippen molar-refractivity contribution < 1.29 is 4.39 Å². The van der Waals surface area contributed by atoms with Crippen LogP contribution in [-0.4, -0.2) is 7.05 Å². The third kappa shape index (κ3) is 2.59. The highest BCUT2D eigenvalue weighted by Gasteiger charge is 2.19. The van der Waals surface area contributed by atoms with Gasteiger partial charge in [0.05, 0.1) is 9.83 Å². The first-order chi connectivity index (χ1) is 8.13. The van der Waals surface area contributed by atoms with Gasteiger partial charge in [-0.3, -0.25) is 0 Å². The number of nitrogens with one attached hydrogen (secondary N) is 1. The topological polar surface area (TPSA) is 12.0 Å². The van der Waals surface area contributed by atoms with Crippen LogP contribution in [0.2, 0.25) is 0 Å². The molecule has 2 aromatic rings. The SMILES string of the molecule is CNC(c1ccccc1F)c1cc(Br)sc1C. The van der Waals surface area contributed by atoms with Crippen LogP contribution in [0.1, 0.15) is 22.0 Å². The Labute approximate surface area is 113 Å². The number of aryl methyl sites for hydroxylation is 1. The number of hydrogen-bond acceptors (Lipinski definition) is 2. The third-order valence-electron chi connectivity index (χ3n) is 2.74. The summed E-state index contributed by atoms with van der Waals surface area (Å²) in [6.07, 6.45) is 0. The highest BCUT2D eigenvalue weighted by atomic mass is 79.9. The zero-order chi connectivity index (χ0) is 12.4. The van der Waals surface area contributed by atoms with Gasteiger partial charge in [-0.25, -0.2) is 4.39 Å². The molecule has 2 rings (SSSR count). The summed E-state index contributed by atoms with van der Waals surface area (Å²) in [6, 6.07) is 8.84. The molecule has 90 valence electrons. The summed E-state index contributed by atoms with van der Waals surface area (Å²) in [5, 5.41) is 3.18. The van der Waals surface area contributed by atoms with Crippen molar-refractivity contribution in [3.63, 3.8) is 0 Å². The Bertz CT molecular complexity index is 524. The van der Waals surface area contributed by atoms with Gasteiger partial charge in [0.25, 0.3) is 0 Å². The van der Waals surface area contributed by atoms with Crippen molar-refractivity contribution in [2.24, 2.45) is 0 Å². The molecule has 0 aliphatic heterocycles. The maximum atomic E-state index is 13.8. The first-order valence-electron chi connectivity index (χ1n) is 5.31. The molecule has 0 saturated heterocycles. The normalized spacial score (nSPS) is 12.7. The third-order valence-corrected chi connectivity index (χ3v) is 4.31. The van der Waals surface area contributed by atoms with E-state index in [1.165, 1.54) is 10.9 Å². The number of benzene rings is 1. The van der Waals surface area contributed by atoms with E-state index in [4.69, 9.17) is 0 Å². The molecule has 0 bridgehead atoms. The summed E-state index contributed by atoms with van der Waals surface area (Å²) >= 11 is 5.14. The zero-order valence-corrected chi connectivity index (χ0v) is 12.0. The Morgan fingerprint density at radius 1 is 1.29 bits per heavy atom. The smallest absolute Gasteiger partial charge is 0.128 e. The van der Waals surface area contributed by atoms with E-state index in [1.807, 2.05) is 25.2 Å². The molecule has 1 aromatic carbocycles. The summed E-state index contributed by atoms with van der Waals surface area (Å²) < 4.78 is 14.9. The van der Waals surface area contributed by atoms with Crippen LogP contribution in [0.3, 0.4) is 0 Å². The lowest BCUT2D eigenvalue weighted by Crippen LogP contribution is -2.19. The molecule has 0 amide bonds. The van der Waals surface area contributed by atoms with E-state index in [0.29, 0.717) is 5.56 Å². The minimum atomic E-state index is -0.173. The van der Waals surface area contributed by atoms with Crippen molar-refractivity contribution in [1.82, 2.24) is 5.32 Å². The van der Waals surface area contributed by atoms with Crippen LogP contribution in [0.25, 0.3) is 0 Å². The first kappa shape index (κ1) is 12.7. The van der Waals surface area contributed by atoms with Gasteiger partial charge in [0.15, 0.2) is 0 Å². The van der Waals surface area contributed by atoms with Crippen LogP contribution < -0.4 is 5.32 Å². The van der Waals surface area contributed by atoms with Gasteiger partial charge in [0.1, 0.15) is 5.82 Å². The van der Waals surface area contributed by atoms with Gasteiger partial charge in [-0.1, -0.05) is 18.2 Å². The fourth-order valence-corrected chi connectivity index (χ4v) is 3.68. The van der Waals surface area contributed by atoms with Gasteiger partial charge in [-0.2, -0.15) is 0 Å². The molecule has 1 aromatic heterocycles. The standard InChI is InChI=1S/C13H13BrFNS/c1-8-10(7-12(14)17-8)13(16-2)9-5-3-4-6-11(9)15/h3-7,13,16H,1-2H3. The predicted molar refractivity (Wildman–Crippen MR) is 74.1 cm³/mol. The Morgan fingerprint density at radius 2 is 2.00 bits per heavy atom. The Balaban J connectivity index is 2.47. The summed E-state index contributed by atoms with van der Waals surface area (Å²) in [5.74, 6) is -0.173. The van der Waals surface area contributed by atoms with Crippen LogP contribution in [-0.2, 0) is 0 Å². The lowest BCUT2D eigenvalue weighted by atomic mass is 9.99.